The number of carbonyl (C=O) groups excluding carboxylic acids is 1. The Bertz CT molecular complexity index is 1010. The number of pyridine rings is 2. The molecule has 1 aromatic carbocycles. The largest absolute Gasteiger partial charge is 0.483 e. The van der Waals surface area contributed by atoms with Crippen LogP contribution < -0.4 is 15.0 Å². The summed E-state index contributed by atoms with van der Waals surface area (Å²) in [6.45, 7) is 3.04. The van der Waals surface area contributed by atoms with Crippen molar-refractivity contribution in [1.82, 2.24) is 9.97 Å². The average molecular weight is 395 g/mol. The fourth-order valence-corrected chi connectivity index (χ4v) is 3.38. The number of hydrogen-bond acceptors (Lipinski definition) is 5. The molecule has 1 amide bonds. The summed E-state index contributed by atoms with van der Waals surface area (Å²) in [6, 6.07) is 11.1. The normalized spacial score (nSPS) is 12.9. The molecule has 0 unspecified atom stereocenters. The number of fused-ring (bicyclic) bond motifs is 1. The Balaban J connectivity index is 1.55. The first kappa shape index (κ1) is 18.3. The Morgan fingerprint density at radius 2 is 2.04 bits per heavy atom. The summed E-state index contributed by atoms with van der Waals surface area (Å²) in [5.41, 5.74) is 3.57. The van der Waals surface area contributed by atoms with E-state index in [2.05, 4.69) is 15.3 Å². The van der Waals surface area contributed by atoms with Crippen LogP contribution in [-0.4, -0.2) is 35.6 Å². The fraction of sp³-hybridized carbons (Fsp3) is 0.190. The van der Waals surface area contributed by atoms with Crippen LogP contribution in [0.3, 0.4) is 0 Å². The standard InChI is InChI=1S/C21H19ClN4O2/c1-14-10-17(22)2-3-19(14)28-13-20(27)26-9-8-24-21-18(26)11-16(12-25-21)15-4-6-23-7-5-15/h2-7,10-12H,8-9,13H2,1H3,(H,24,25). The molecule has 0 bridgehead atoms. The van der Waals surface area contributed by atoms with E-state index in [1.165, 1.54) is 0 Å². The molecule has 0 fully saturated rings. The van der Waals surface area contributed by atoms with Gasteiger partial charge >= 0.3 is 0 Å². The quantitative estimate of drug-likeness (QED) is 0.725. The SMILES string of the molecule is Cc1cc(Cl)ccc1OCC(=O)N1CCNc2ncc(-c3ccncc3)cc21. The van der Waals surface area contributed by atoms with Gasteiger partial charge in [0, 0.05) is 42.3 Å². The van der Waals surface area contributed by atoms with Gasteiger partial charge < -0.3 is 15.0 Å². The first-order valence-electron chi connectivity index (χ1n) is 8.95. The van der Waals surface area contributed by atoms with E-state index in [-0.39, 0.29) is 12.5 Å². The number of halogens is 1. The molecule has 1 N–H and O–H groups in total. The zero-order valence-corrected chi connectivity index (χ0v) is 16.1. The maximum atomic E-state index is 12.9. The molecule has 0 saturated carbocycles. The van der Waals surface area contributed by atoms with Gasteiger partial charge in [-0.2, -0.15) is 0 Å². The number of ether oxygens (including phenoxy) is 1. The van der Waals surface area contributed by atoms with Gasteiger partial charge in [-0.3, -0.25) is 9.78 Å². The molecular weight excluding hydrogens is 376 g/mol. The summed E-state index contributed by atoms with van der Waals surface area (Å²) in [5, 5.41) is 3.88. The van der Waals surface area contributed by atoms with Gasteiger partial charge in [0.05, 0.1) is 5.69 Å². The van der Waals surface area contributed by atoms with Crippen LogP contribution >= 0.6 is 11.6 Å². The second kappa shape index (κ2) is 7.86. The third kappa shape index (κ3) is 3.77. The van der Waals surface area contributed by atoms with Gasteiger partial charge in [0.1, 0.15) is 11.6 Å². The van der Waals surface area contributed by atoms with E-state index in [1.54, 1.807) is 35.6 Å². The lowest BCUT2D eigenvalue weighted by molar-refractivity contribution is -0.120. The monoisotopic (exact) mass is 394 g/mol. The Labute approximate surface area is 168 Å². The van der Waals surface area contributed by atoms with E-state index in [4.69, 9.17) is 16.3 Å². The van der Waals surface area contributed by atoms with Gasteiger partial charge in [0.15, 0.2) is 6.61 Å². The second-order valence-electron chi connectivity index (χ2n) is 6.50. The van der Waals surface area contributed by atoms with Crippen molar-refractivity contribution in [3.05, 3.63) is 65.6 Å². The Kier molecular flexibility index (Phi) is 5.12. The maximum Gasteiger partial charge on any atom is 0.265 e. The molecule has 3 heterocycles. The van der Waals surface area contributed by atoms with Crippen molar-refractivity contribution >= 4 is 29.0 Å². The number of aryl methyl sites for hydroxylation is 1. The molecular formula is C21H19ClN4O2. The highest BCUT2D eigenvalue weighted by Gasteiger charge is 2.24. The molecule has 28 heavy (non-hydrogen) atoms. The van der Waals surface area contributed by atoms with E-state index < -0.39 is 0 Å². The fourth-order valence-electron chi connectivity index (χ4n) is 3.16. The molecule has 7 heteroatoms. The van der Waals surface area contributed by atoms with E-state index in [9.17, 15) is 4.79 Å². The highest BCUT2D eigenvalue weighted by atomic mass is 35.5. The summed E-state index contributed by atoms with van der Waals surface area (Å²) in [5.74, 6) is 1.22. The molecule has 0 atom stereocenters. The number of carbonyl (C=O) groups is 1. The maximum absolute atomic E-state index is 12.9. The van der Waals surface area contributed by atoms with Crippen LogP contribution in [0.4, 0.5) is 11.5 Å². The highest BCUT2D eigenvalue weighted by molar-refractivity contribution is 6.30. The number of nitrogens with zero attached hydrogens (tertiary/aromatic N) is 3. The molecule has 6 nitrogen and oxygen atoms in total. The zero-order chi connectivity index (χ0) is 19.5. The van der Waals surface area contributed by atoms with Crippen LogP contribution in [0.1, 0.15) is 5.56 Å². The van der Waals surface area contributed by atoms with Crippen LogP contribution in [0.2, 0.25) is 5.02 Å². The van der Waals surface area contributed by atoms with Crippen LogP contribution in [0, 0.1) is 6.92 Å². The van der Waals surface area contributed by atoms with Gasteiger partial charge in [-0.25, -0.2) is 4.98 Å². The van der Waals surface area contributed by atoms with Crippen molar-refractivity contribution in [2.24, 2.45) is 0 Å². The van der Waals surface area contributed by atoms with Crippen molar-refractivity contribution in [3.8, 4) is 16.9 Å². The number of amides is 1. The summed E-state index contributed by atoms with van der Waals surface area (Å²) in [7, 11) is 0. The Morgan fingerprint density at radius 1 is 1.21 bits per heavy atom. The van der Waals surface area contributed by atoms with E-state index in [0.29, 0.717) is 29.7 Å². The lowest BCUT2D eigenvalue weighted by atomic mass is 10.1. The minimum absolute atomic E-state index is 0.0542. The zero-order valence-electron chi connectivity index (χ0n) is 15.4. The molecule has 4 rings (SSSR count). The van der Waals surface area contributed by atoms with Gasteiger partial charge in [-0.15, -0.1) is 0 Å². The van der Waals surface area contributed by atoms with Gasteiger partial charge in [-0.05, 0) is 54.4 Å². The third-order valence-electron chi connectivity index (χ3n) is 4.59. The Hall–Kier alpha value is -3.12. The number of hydrogen-bond donors (Lipinski definition) is 1. The molecule has 3 aromatic rings. The van der Waals surface area contributed by atoms with E-state index in [1.807, 2.05) is 31.2 Å². The Morgan fingerprint density at radius 3 is 2.82 bits per heavy atom. The van der Waals surface area contributed by atoms with Crippen molar-refractivity contribution in [2.75, 3.05) is 29.9 Å². The van der Waals surface area contributed by atoms with Crippen LogP contribution in [0.15, 0.2) is 55.0 Å². The predicted octanol–water partition coefficient (Wildman–Crippen LogP) is 3.94. The van der Waals surface area contributed by atoms with Crippen LogP contribution in [0.25, 0.3) is 11.1 Å². The molecule has 1 aliphatic heterocycles. The van der Waals surface area contributed by atoms with E-state index >= 15 is 0 Å². The smallest absolute Gasteiger partial charge is 0.265 e. The van der Waals surface area contributed by atoms with Gasteiger partial charge in [-0.1, -0.05) is 11.6 Å². The first-order valence-corrected chi connectivity index (χ1v) is 9.33. The third-order valence-corrected chi connectivity index (χ3v) is 4.82. The van der Waals surface area contributed by atoms with Crippen molar-refractivity contribution in [2.45, 2.75) is 6.92 Å². The van der Waals surface area contributed by atoms with E-state index in [0.717, 1.165) is 22.4 Å². The summed E-state index contributed by atoms with van der Waals surface area (Å²) in [4.78, 5) is 23.1. The minimum atomic E-state index is -0.120. The minimum Gasteiger partial charge on any atom is -0.483 e. The highest BCUT2D eigenvalue weighted by Crippen LogP contribution is 2.32. The number of aromatic nitrogens is 2. The number of nitrogens with one attached hydrogen (secondary N) is 1. The summed E-state index contributed by atoms with van der Waals surface area (Å²) in [6.07, 6.45) is 5.26. The molecule has 2 aromatic heterocycles. The predicted molar refractivity (Wildman–Crippen MR) is 110 cm³/mol. The van der Waals surface area contributed by atoms with Gasteiger partial charge in [0.2, 0.25) is 0 Å². The number of rotatable bonds is 4. The van der Waals surface area contributed by atoms with Crippen LogP contribution in [0.5, 0.6) is 5.75 Å². The number of anilines is 2. The van der Waals surface area contributed by atoms with Crippen molar-refractivity contribution in [3.63, 3.8) is 0 Å². The van der Waals surface area contributed by atoms with Crippen LogP contribution in [-0.2, 0) is 4.79 Å². The van der Waals surface area contributed by atoms with Crippen molar-refractivity contribution < 1.29 is 9.53 Å². The van der Waals surface area contributed by atoms with Crippen molar-refractivity contribution in [1.29, 1.82) is 0 Å². The molecule has 0 aliphatic carbocycles. The second-order valence-corrected chi connectivity index (χ2v) is 6.93. The molecule has 0 saturated heterocycles. The lowest BCUT2D eigenvalue weighted by Gasteiger charge is -2.30. The number of benzene rings is 1. The molecule has 0 radical (unpaired) electrons. The topological polar surface area (TPSA) is 67.3 Å². The molecule has 142 valence electrons. The first-order chi connectivity index (χ1) is 13.6. The molecule has 0 spiro atoms. The molecule has 1 aliphatic rings. The lowest BCUT2D eigenvalue weighted by Crippen LogP contribution is -2.41. The summed E-state index contributed by atoms with van der Waals surface area (Å²) < 4.78 is 5.74. The summed E-state index contributed by atoms with van der Waals surface area (Å²) >= 11 is 5.97. The average Bonchev–Trinajstić information content (AvgIpc) is 2.72. The van der Waals surface area contributed by atoms with Gasteiger partial charge in [0.25, 0.3) is 5.91 Å².